The quantitative estimate of drug-likeness (QED) is 0.862. The van der Waals surface area contributed by atoms with Crippen molar-refractivity contribution in [3.63, 3.8) is 0 Å². The predicted molar refractivity (Wildman–Crippen MR) is 80.5 cm³/mol. The molecule has 0 spiro atoms. The van der Waals surface area contributed by atoms with E-state index in [1.165, 1.54) is 12.1 Å². The van der Waals surface area contributed by atoms with E-state index >= 15 is 0 Å². The first-order valence-corrected chi connectivity index (χ1v) is 8.78. The molecular formula is C13H16BrNO4S. The van der Waals surface area contributed by atoms with Gasteiger partial charge in [0.2, 0.25) is 10.0 Å². The van der Waals surface area contributed by atoms with Crippen LogP contribution in [0.15, 0.2) is 22.7 Å². The molecule has 0 bridgehead atoms. The first-order chi connectivity index (χ1) is 9.40. The van der Waals surface area contributed by atoms with Crippen LogP contribution in [0.5, 0.6) is 0 Å². The Morgan fingerprint density at radius 2 is 1.90 bits per heavy atom. The van der Waals surface area contributed by atoms with Gasteiger partial charge in [-0.25, -0.2) is 13.2 Å². The van der Waals surface area contributed by atoms with Gasteiger partial charge in [0.1, 0.15) is 0 Å². The first-order valence-electron chi connectivity index (χ1n) is 6.44. The Bertz CT molecular complexity index is 609. The maximum atomic E-state index is 12.3. The van der Waals surface area contributed by atoms with Crippen molar-refractivity contribution in [1.82, 2.24) is 0 Å². The number of carbonyl (C=O) groups is 1. The minimum absolute atomic E-state index is 0.0485. The van der Waals surface area contributed by atoms with E-state index in [0.717, 1.165) is 19.3 Å². The first kappa shape index (κ1) is 15.3. The van der Waals surface area contributed by atoms with Gasteiger partial charge in [0.15, 0.2) is 0 Å². The van der Waals surface area contributed by atoms with E-state index < -0.39 is 21.2 Å². The minimum Gasteiger partial charge on any atom is -0.478 e. The Balaban J connectivity index is 2.28. The number of carboxylic acid groups (broad SMARTS) is 1. The van der Waals surface area contributed by atoms with Crippen molar-refractivity contribution in [3.8, 4) is 0 Å². The van der Waals surface area contributed by atoms with Crippen LogP contribution in [0, 0.1) is 0 Å². The molecule has 20 heavy (non-hydrogen) atoms. The van der Waals surface area contributed by atoms with Crippen LogP contribution in [0.25, 0.3) is 0 Å². The smallest absolute Gasteiger partial charge is 0.337 e. The fourth-order valence-electron chi connectivity index (χ4n) is 2.40. The van der Waals surface area contributed by atoms with Crippen LogP contribution >= 0.6 is 15.9 Å². The van der Waals surface area contributed by atoms with Gasteiger partial charge in [0.25, 0.3) is 0 Å². The minimum atomic E-state index is -3.54. The van der Waals surface area contributed by atoms with Crippen molar-refractivity contribution in [2.45, 2.75) is 37.4 Å². The molecule has 0 aromatic heterocycles. The van der Waals surface area contributed by atoms with Gasteiger partial charge in [-0.15, -0.1) is 0 Å². The fraction of sp³-hybridized carbons (Fsp3) is 0.462. The summed E-state index contributed by atoms with van der Waals surface area (Å²) < 4.78 is 27.7. The average Bonchev–Trinajstić information content (AvgIpc) is 2.39. The van der Waals surface area contributed by atoms with Crippen LogP contribution in [0.1, 0.15) is 42.5 Å². The Morgan fingerprint density at radius 3 is 2.50 bits per heavy atom. The highest BCUT2D eigenvalue weighted by Gasteiger charge is 2.28. The summed E-state index contributed by atoms with van der Waals surface area (Å²) in [5.74, 6) is -1.15. The van der Waals surface area contributed by atoms with E-state index in [2.05, 4.69) is 20.7 Å². The Labute approximate surface area is 126 Å². The molecule has 2 rings (SSSR count). The maximum Gasteiger partial charge on any atom is 0.337 e. The van der Waals surface area contributed by atoms with E-state index in [0.29, 0.717) is 17.3 Å². The molecule has 1 aromatic rings. The lowest BCUT2D eigenvalue weighted by Gasteiger charge is -2.23. The highest BCUT2D eigenvalue weighted by atomic mass is 79.9. The van der Waals surface area contributed by atoms with Crippen molar-refractivity contribution in [2.75, 3.05) is 4.72 Å². The second kappa shape index (κ2) is 6.13. The molecule has 110 valence electrons. The number of hydrogen-bond acceptors (Lipinski definition) is 3. The van der Waals surface area contributed by atoms with Gasteiger partial charge in [-0.05, 0) is 31.0 Å². The van der Waals surface area contributed by atoms with E-state index in [1.807, 2.05) is 0 Å². The standard InChI is InChI=1S/C13H16BrNO4S/c14-9-6-7-11(13(16)17)12(8-9)15-20(18,19)10-4-2-1-3-5-10/h6-8,10,15H,1-5H2,(H,16,17). The largest absolute Gasteiger partial charge is 0.478 e. The van der Waals surface area contributed by atoms with Crippen molar-refractivity contribution >= 4 is 37.6 Å². The number of anilines is 1. The Morgan fingerprint density at radius 1 is 1.25 bits per heavy atom. The monoisotopic (exact) mass is 361 g/mol. The summed E-state index contributed by atoms with van der Waals surface area (Å²) in [6, 6.07) is 4.43. The van der Waals surface area contributed by atoms with Crippen molar-refractivity contribution in [3.05, 3.63) is 28.2 Å². The van der Waals surface area contributed by atoms with Gasteiger partial charge in [-0.1, -0.05) is 35.2 Å². The lowest BCUT2D eigenvalue weighted by molar-refractivity contribution is 0.0698. The van der Waals surface area contributed by atoms with Crippen molar-refractivity contribution in [2.24, 2.45) is 0 Å². The normalized spacial score (nSPS) is 16.9. The summed E-state index contributed by atoms with van der Waals surface area (Å²) in [6.07, 6.45) is 4.12. The summed E-state index contributed by atoms with van der Waals surface area (Å²) in [6.45, 7) is 0. The molecule has 0 amide bonds. The van der Waals surface area contributed by atoms with Crippen LogP contribution in [-0.4, -0.2) is 24.7 Å². The molecule has 1 saturated carbocycles. The summed E-state index contributed by atoms with van der Waals surface area (Å²) in [7, 11) is -3.54. The molecule has 7 heteroatoms. The molecule has 0 unspecified atom stereocenters. The van der Waals surface area contributed by atoms with Gasteiger partial charge in [-0.3, -0.25) is 4.72 Å². The molecule has 1 aliphatic rings. The van der Waals surface area contributed by atoms with Gasteiger partial charge in [0, 0.05) is 4.47 Å². The molecular weight excluding hydrogens is 346 g/mol. The number of hydrogen-bond donors (Lipinski definition) is 2. The number of halogens is 1. The molecule has 5 nitrogen and oxygen atoms in total. The lowest BCUT2D eigenvalue weighted by Crippen LogP contribution is -2.30. The third-order valence-corrected chi connectivity index (χ3v) is 5.80. The molecule has 0 saturated heterocycles. The molecule has 0 atom stereocenters. The topological polar surface area (TPSA) is 83.5 Å². The molecule has 0 radical (unpaired) electrons. The van der Waals surface area contributed by atoms with Crippen LogP contribution < -0.4 is 4.72 Å². The van der Waals surface area contributed by atoms with E-state index in [9.17, 15) is 13.2 Å². The van der Waals surface area contributed by atoms with Crippen LogP contribution in [0.2, 0.25) is 0 Å². The lowest BCUT2D eigenvalue weighted by atomic mass is 10.0. The Hall–Kier alpha value is -1.08. The highest BCUT2D eigenvalue weighted by molar-refractivity contribution is 9.10. The van der Waals surface area contributed by atoms with Gasteiger partial charge < -0.3 is 5.11 Å². The molecule has 1 aliphatic carbocycles. The van der Waals surface area contributed by atoms with Crippen LogP contribution in [-0.2, 0) is 10.0 Å². The van der Waals surface area contributed by atoms with Crippen LogP contribution in [0.4, 0.5) is 5.69 Å². The molecule has 2 N–H and O–H groups in total. The number of carboxylic acids is 1. The van der Waals surface area contributed by atoms with E-state index in [4.69, 9.17) is 5.11 Å². The number of benzene rings is 1. The molecule has 0 aliphatic heterocycles. The zero-order chi connectivity index (χ0) is 14.8. The van der Waals surface area contributed by atoms with Crippen molar-refractivity contribution < 1.29 is 18.3 Å². The fourth-order valence-corrected chi connectivity index (χ4v) is 4.36. The second-order valence-corrected chi connectivity index (χ2v) is 7.78. The summed E-state index contributed by atoms with van der Waals surface area (Å²) >= 11 is 3.22. The van der Waals surface area contributed by atoms with Crippen molar-refractivity contribution in [1.29, 1.82) is 0 Å². The maximum absolute atomic E-state index is 12.3. The van der Waals surface area contributed by atoms with Gasteiger partial charge >= 0.3 is 5.97 Å². The van der Waals surface area contributed by atoms with Crippen LogP contribution in [0.3, 0.4) is 0 Å². The number of sulfonamides is 1. The number of rotatable bonds is 4. The van der Waals surface area contributed by atoms with Gasteiger partial charge in [-0.2, -0.15) is 0 Å². The second-order valence-electron chi connectivity index (χ2n) is 4.90. The average molecular weight is 362 g/mol. The third-order valence-electron chi connectivity index (χ3n) is 3.46. The van der Waals surface area contributed by atoms with Gasteiger partial charge in [0.05, 0.1) is 16.5 Å². The summed E-state index contributed by atoms with van der Waals surface area (Å²) in [4.78, 5) is 11.1. The zero-order valence-electron chi connectivity index (χ0n) is 10.8. The molecule has 1 aromatic carbocycles. The highest BCUT2D eigenvalue weighted by Crippen LogP contribution is 2.28. The van der Waals surface area contributed by atoms with E-state index in [1.54, 1.807) is 6.07 Å². The zero-order valence-corrected chi connectivity index (χ0v) is 13.2. The SMILES string of the molecule is O=C(O)c1ccc(Br)cc1NS(=O)(=O)C1CCCCC1. The number of nitrogens with one attached hydrogen (secondary N) is 1. The summed E-state index contributed by atoms with van der Waals surface area (Å²) in [5, 5.41) is 8.68. The predicted octanol–water partition coefficient (Wildman–Crippen LogP) is 3.22. The number of aromatic carboxylic acids is 1. The van der Waals surface area contributed by atoms with E-state index in [-0.39, 0.29) is 11.3 Å². The molecule has 1 fully saturated rings. The third kappa shape index (κ3) is 3.52. The Kier molecular flexibility index (Phi) is 4.70. The molecule has 0 heterocycles. The summed E-state index contributed by atoms with van der Waals surface area (Å²) in [5.41, 5.74) is 0.0602.